The van der Waals surface area contributed by atoms with Crippen LogP contribution in [-0.4, -0.2) is 36.8 Å². The summed E-state index contributed by atoms with van der Waals surface area (Å²) in [5.74, 6) is -2.16. The van der Waals surface area contributed by atoms with E-state index in [4.69, 9.17) is 4.74 Å². The molecule has 0 aromatic rings. The van der Waals surface area contributed by atoms with Gasteiger partial charge in [-0.3, -0.25) is 9.59 Å². The molecule has 0 aromatic carbocycles. The molecular weight excluding hydrogens is 491 g/mol. The van der Waals surface area contributed by atoms with Gasteiger partial charge in [0.15, 0.2) is 5.25 Å². The quantitative estimate of drug-likeness (QED) is 0.0599. The molecule has 0 saturated heterocycles. The summed E-state index contributed by atoms with van der Waals surface area (Å²) in [7, 11) is -5.01. The van der Waals surface area contributed by atoms with Crippen LogP contribution >= 0.6 is 0 Å². The molecule has 7 nitrogen and oxygen atoms in total. The summed E-state index contributed by atoms with van der Waals surface area (Å²) >= 11 is 0. The van der Waals surface area contributed by atoms with E-state index in [2.05, 4.69) is 11.7 Å². The Balaban J connectivity index is 0. The van der Waals surface area contributed by atoms with Gasteiger partial charge in [0.25, 0.3) is 0 Å². The van der Waals surface area contributed by atoms with Crippen molar-refractivity contribution in [3.8, 4) is 0 Å². The Hall–Kier alpha value is -0.410. The largest absolute Gasteiger partial charge is 1.00 e. The van der Waals surface area contributed by atoms with Crippen molar-refractivity contribution >= 4 is 22.1 Å². The number of hydrogen-bond donors (Lipinski definition) is 0. The van der Waals surface area contributed by atoms with Gasteiger partial charge in [-0.1, -0.05) is 122 Å². The Morgan fingerprint density at radius 2 is 1.14 bits per heavy atom. The zero-order chi connectivity index (χ0) is 26.2. The van der Waals surface area contributed by atoms with E-state index >= 15 is 0 Å². The van der Waals surface area contributed by atoms with Crippen LogP contribution in [0.4, 0.5) is 0 Å². The van der Waals surface area contributed by atoms with Gasteiger partial charge in [-0.05, 0) is 13.3 Å². The van der Waals surface area contributed by atoms with Crippen LogP contribution in [0.3, 0.4) is 0 Å². The normalized spacial score (nSPS) is 12.3. The summed E-state index contributed by atoms with van der Waals surface area (Å²) in [6.45, 7) is 3.89. The van der Waals surface area contributed by atoms with E-state index in [1.54, 1.807) is 6.92 Å². The van der Waals surface area contributed by atoms with Gasteiger partial charge in [-0.2, -0.15) is 0 Å². The Kier molecular flexibility index (Phi) is 27.5. The van der Waals surface area contributed by atoms with Crippen molar-refractivity contribution in [2.75, 3.05) is 6.61 Å². The Labute approximate surface area is 242 Å². The smallest absolute Gasteiger partial charge is 0.747 e. The zero-order valence-electron chi connectivity index (χ0n) is 23.1. The number of esters is 2. The fraction of sp³-hybridized carbons (Fsp3) is 0.852. The van der Waals surface area contributed by atoms with Gasteiger partial charge in [0.2, 0.25) is 0 Å². The Bertz CT molecular complexity index is 665. The molecule has 0 radical (unpaired) electrons. The minimum Gasteiger partial charge on any atom is -0.747 e. The maximum absolute atomic E-state index is 12.0. The maximum atomic E-state index is 12.0. The van der Waals surface area contributed by atoms with Crippen molar-refractivity contribution in [3.63, 3.8) is 0 Å². The third kappa shape index (κ3) is 24.0. The average Bonchev–Trinajstić information content (AvgIpc) is 2.81. The minimum atomic E-state index is -5.01. The molecule has 0 rings (SSSR count). The monoisotopic (exact) mass is 540 g/mol. The molecule has 0 amide bonds. The summed E-state index contributed by atoms with van der Waals surface area (Å²) in [6.07, 6.45) is 24.1. The number of rotatable bonds is 24. The van der Waals surface area contributed by atoms with Crippen molar-refractivity contribution in [2.24, 2.45) is 0 Å². The van der Waals surface area contributed by atoms with E-state index in [0.717, 1.165) is 25.5 Å². The number of unbranched alkanes of at least 4 members (excludes halogenated alkanes) is 17. The van der Waals surface area contributed by atoms with Crippen LogP contribution in [-0.2, 0) is 29.2 Å². The van der Waals surface area contributed by atoms with Crippen LogP contribution in [0.1, 0.15) is 136 Å². The second-order valence-corrected chi connectivity index (χ2v) is 10.9. The molecular formula is C27H49NaO7S. The molecule has 206 valence electrons. The summed E-state index contributed by atoms with van der Waals surface area (Å²) in [5.41, 5.74) is 0. The Morgan fingerprint density at radius 1 is 0.750 bits per heavy atom. The number of allylic oxidation sites excluding steroid dienone is 1. The van der Waals surface area contributed by atoms with Crippen LogP contribution in [0.25, 0.3) is 0 Å². The first-order chi connectivity index (χ1) is 16.8. The van der Waals surface area contributed by atoms with E-state index in [9.17, 15) is 22.6 Å². The molecule has 0 heterocycles. The molecule has 0 aliphatic carbocycles. The first-order valence-corrected chi connectivity index (χ1v) is 15.2. The molecule has 0 fully saturated rings. The van der Waals surface area contributed by atoms with Gasteiger partial charge in [0.1, 0.15) is 10.1 Å². The van der Waals surface area contributed by atoms with Crippen molar-refractivity contribution in [3.05, 3.63) is 12.3 Å². The standard InChI is InChI=1S/C27H50O7S.Na/c1-3-5-6-7-8-9-10-11-12-13-14-15-16-17-18-19-20-21-23-34-27(29)25(35(30,31)32)24-26(28)33-22-4-2;/h4,22,25H,3,5-21,23-24H2,1-2H3,(H,30,31,32);/q;+1/p-1/b22-4+;. The molecule has 0 spiro atoms. The van der Waals surface area contributed by atoms with Gasteiger partial charge >= 0.3 is 41.5 Å². The summed E-state index contributed by atoms with van der Waals surface area (Å²) in [4.78, 5) is 23.5. The molecule has 9 heteroatoms. The molecule has 0 aromatic heterocycles. The molecule has 0 aliphatic heterocycles. The van der Waals surface area contributed by atoms with E-state index in [-0.39, 0.29) is 36.2 Å². The topological polar surface area (TPSA) is 110 Å². The Morgan fingerprint density at radius 3 is 1.50 bits per heavy atom. The maximum Gasteiger partial charge on any atom is 1.00 e. The predicted molar refractivity (Wildman–Crippen MR) is 139 cm³/mol. The van der Waals surface area contributed by atoms with Crippen LogP contribution < -0.4 is 29.6 Å². The van der Waals surface area contributed by atoms with E-state index in [1.807, 2.05) is 0 Å². The van der Waals surface area contributed by atoms with Gasteiger partial charge in [-0.25, -0.2) is 8.42 Å². The van der Waals surface area contributed by atoms with Gasteiger partial charge in [0, 0.05) is 0 Å². The van der Waals surface area contributed by atoms with Crippen molar-refractivity contribution in [2.45, 2.75) is 141 Å². The molecule has 36 heavy (non-hydrogen) atoms. The first kappa shape index (κ1) is 37.7. The number of carbonyl (C=O) groups excluding carboxylic acids is 2. The number of carbonyl (C=O) groups is 2. The first-order valence-electron chi connectivity index (χ1n) is 13.7. The zero-order valence-corrected chi connectivity index (χ0v) is 26.0. The second-order valence-electron chi connectivity index (χ2n) is 9.32. The third-order valence-corrected chi connectivity index (χ3v) is 7.10. The van der Waals surface area contributed by atoms with Crippen molar-refractivity contribution < 1.29 is 61.6 Å². The van der Waals surface area contributed by atoms with Crippen molar-refractivity contribution in [1.82, 2.24) is 0 Å². The predicted octanol–water partition coefficient (Wildman–Crippen LogP) is 3.96. The van der Waals surface area contributed by atoms with Crippen LogP contribution in [0.5, 0.6) is 0 Å². The fourth-order valence-electron chi connectivity index (χ4n) is 3.92. The molecule has 0 bridgehead atoms. The fourth-order valence-corrected chi connectivity index (χ4v) is 4.56. The minimum absolute atomic E-state index is 0. The summed E-state index contributed by atoms with van der Waals surface area (Å²) < 4.78 is 43.4. The molecule has 1 unspecified atom stereocenters. The van der Waals surface area contributed by atoms with E-state index < -0.39 is 33.7 Å². The van der Waals surface area contributed by atoms with Crippen LogP contribution in [0.15, 0.2) is 12.3 Å². The summed E-state index contributed by atoms with van der Waals surface area (Å²) in [5, 5.41) is -2.07. The molecule has 0 aliphatic rings. The second kappa shape index (κ2) is 26.2. The average molecular weight is 541 g/mol. The van der Waals surface area contributed by atoms with Gasteiger partial charge in [-0.15, -0.1) is 0 Å². The van der Waals surface area contributed by atoms with E-state index in [1.165, 1.54) is 96.0 Å². The van der Waals surface area contributed by atoms with Gasteiger partial charge in [0.05, 0.1) is 19.3 Å². The number of ether oxygens (including phenoxy) is 2. The SMILES string of the molecule is C/C=C/OC(=O)CC(C(=O)OCCCCCCCCCCCCCCCCCCCC)S(=O)(=O)[O-].[Na+]. The molecule has 1 atom stereocenters. The number of hydrogen-bond acceptors (Lipinski definition) is 7. The van der Waals surface area contributed by atoms with E-state index in [0.29, 0.717) is 6.42 Å². The van der Waals surface area contributed by atoms with Crippen LogP contribution in [0, 0.1) is 0 Å². The van der Waals surface area contributed by atoms with Gasteiger partial charge < -0.3 is 14.0 Å². The summed E-state index contributed by atoms with van der Waals surface area (Å²) in [6, 6.07) is 0. The molecule has 0 saturated carbocycles. The third-order valence-electron chi connectivity index (χ3n) is 6.04. The van der Waals surface area contributed by atoms with Crippen molar-refractivity contribution in [1.29, 1.82) is 0 Å². The molecule has 0 N–H and O–H groups in total. The van der Waals surface area contributed by atoms with Crippen LogP contribution in [0.2, 0.25) is 0 Å².